The first kappa shape index (κ1) is 12.2. The summed E-state index contributed by atoms with van der Waals surface area (Å²) in [6.07, 6.45) is 2.38. The molecule has 6 nitrogen and oxygen atoms in total. The predicted molar refractivity (Wildman–Crippen MR) is 59.7 cm³/mol. The van der Waals surface area contributed by atoms with E-state index in [-0.39, 0.29) is 12.6 Å². The number of carboxylic acids is 1. The van der Waals surface area contributed by atoms with Crippen molar-refractivity contribution in [3.05, 3.63) is 0 Å². The molecule has 1 unspecified atom stereocenters. The van der Waals surface area contributed by atoms with E-state index in [1.54, 1.807) is 16.8 Å². The number of hydrogen-bond donors (Lipinski definition) is 1. The Labute approximate surface area is 100 Å². The molecule has 1 N–H and O–H groups in total. The molecule has 1 heterocycles. The van der Waals surface area contributed by atoms with E-state index in [4.69, 9.17) is 9.84 Å². The van der Waals surface area contributed by atoms with Gasteiger partial charge in [0.15, 0.2) is 6.10 Å². The molecule has 1 atom stereocenters. The molecular weight excluding hydrogens is 224 g/mol. The summed E-state index contributed by atoms with van der Waals surface area (Å²) >= 11 is 0. The lowest BCUT2D eigenvalue weighted by molar-refractivity contribution is -0.154. The van der Waals surface area contributed by atoms with Crippen molar-refractivity contribution < 1.29 is 19.4 Å². The molecule has 0 aromatic rings. The maximum absolute atomic E-state index is 12.1. The number of rotatable bonds is 2. The first-order chi connectivity index (χ1) is 8.09. The topological polar surface area (TPSA) is 70.1 Å². The molecule has 2 fully saturated rings. The largest absolute Gasteiger partial charge is 0.479 e. The lowest BCUT2D eigenvalue weighted by Gasteiger charge is -2.39. The number of morpholine rings is 1. The lowest BCUT2D eigenvalue weighted by atomic mass is 9.92. The van der Waals surface area contributed by atoms with Gasteiger partial charge in [0.1, 0.15) is 0 Å². The molecule has 1 aliphatic carbocycles. The Morgan fingerprint density at radius 2 is 2.12 bits per heavy atom. The first-order valence-electron chi connectivity index (χ1n) is 5.95. The van der Waals surface area contributed by atoms with Gasteiger partial charge in [-0.05, 0) is 19.3 Å². The third-order valence-corrected chi connectivity index (χ3v) is 3.54. The molecule has 0 aromatic heterocycles. The van der Waals surface area contributed by atoms with Crippen molar-refractivity contribution in [2.45, 2.75) is 31.4 Å². The summed E-state index contributed by atoms with van der Waals surface area (Å²) in [6.45, 7) is 0.909. The Morgan fingerprint density at radius 3 is 2.65 bits per heavy atom. The summed E-state index contributed by atoms with van der Waals surface area (Å²) in [4.78, 5) is 26.2. The number of aliphatic carboxylic acids is 1. The standard InChI is InChI=1S/C11H18N2O4/c1-12(8-3-2-4-8)11(16)13-5-6-17-9(7-13)10(14)15/h8-9H,2-7H2,1H3,(H,14,15). The highest BCUT2D eigenvalue weighted by molar-refractivity contribution is 5.77. The Hall–Kier alpha value is -1.30. The van der Waals surface area contributed by atoms with Crippen LogP contribution < -0.4 is 0 Å². The van der Waals surface area contributed by atoms with Gasteiger partial charge in [-0.2, -0.15) is 0 Å². The van der Waals surface area contributed by atoms with E-state index < -0.39 is 12.1 Å². The Kier molecular flexibility index (Phi) is 3.51. The highest BCUT2D eigenvalue weighted by Gasteiger charge is 2.33. The summed E-state index contributed by atoms with van der Waals surface area (Å²) in [7, 11) is 1.79. The van der Waals surface area contributed by atoms with E-state index in [2.05, 4.69) is 0 Å². The van der Waals surface area contributed by atoms with E-state index in [0.29, 0.717) is 19.2 Å². The number of ether oxygens (including phenoxy) is 1. The molecule has 1 aliphatic heterocycles. The van der Waals surface area contributed by atoms with Gasteiger partial charge in [0, 0.05) is 19.6 Å². The molecular formula is C11H18N2O4. The molecule has 2 amide bonds. The zero-order chi connectivity index (χ0) is 12.4. The average Bonchev–Trinajstić information content (AvgIpc) is 2.25. The molecule has 2 aliphatic rings. The summed E-state index contributed by atoms with van der Waals surface area (Å²) in [5, 5.41) is 8.87. The number of carbonyl (C=O) groups is 2. The van der Waals surface area contributed by atoms with E-state index >= 15 is 0 Å². The molecule has 0 aromatic carbocycles. The van der Waals surface area contributed by atoms with Crippen LogP contribution >= 0.6 is 0 Å². The molecule has 17 heavy (non-hydrogen) atoms. The zero-order valence-electron chi connectivity index (χ0n) is 9.96. The van der Waals surface area contributed by atoms with Crippen molar-refractivity contribution >= 4 is 12.0 Å². The minimum Gasteiger partial charge on any atom is -0.479 e. The minimum absolute atomic E-state index is 0.0794. The fraction of sp³-hybridized carbons (Fsp3) is 0.818. The predicted octanol–water partition coefficient (Wildman–Crippen LogP) is 0.376. The zero-order valence-corrected chi connectivity index (χ0v) is 9.96. The van der Waals surface area contributed by atoms with Crippen LogP contribution in [0.15, 0.2) is 0 Å². The van der Waals surface area contributed by atoms with Crippen molar-refractivity contribution in [1.82, 2.24) is 9.80 Å². The maximum atomic E-state index is 12.1. The van der Waals surface area contributed by atoms with Crippen LogP contribution in [-0.2, 0) is 9.53 Å². The second kappa shape index (κ2) is 4.91. The molecule has 0 bridgehead atoms. The van der Waals surface area contributed by atoms with Gasteiger partial charge in [-0.15, -0.1) is 0 Å². The van der Waals surface area contributed by atoms with Gasteiger partial charge in [-0.1, -0.05) is 0 Å². The second-order valence-electron chi connectivity index (χ2n) is 4.62. The number of nitrogens with zero attached hydrogens (tertiary/aromatic N) is 2. The Morgan fingerprint density at radius 1 is 1.41 bits per heavy atom. The number of urea groups is 1. The first-order valence-corrected chi connectivity index (χ1v) is 5.95. The van der Waals surface area contributed by atoms with Gasteiger partial charge in [0.05, 0.1) is 13.2 Å². The van der Waals surface area contributed by atoms with Gasteiger partial charge in [0.25, 0.3) is 0 Å². The molecule has 1 saturated carbocycles. The summed E-state index contributed by atoms with van der Waals surface area (Å²) in [6, 6.07) is 0.248. The Bertz CT molecular complexity index is 317. The molecule has 1 saturated heterocycles. The van der Waals surface area contributed by atoms with Gasteiger partial charge >= 0.3 is 12.0 Å². The number of hydrogen-bond acceptors (Lipinski definition) is 3. The molecule has 6 heteroatoms. The lowest BCUT2D eigenvalue weighted by Crippen LogP contribution is -2.54. The smallest absolute Gasteiger partial charge is 0.334 e. The van der Waals surface area contributed by atoms with E-state index in [0.717, 1.165) is 12.8 Å². The van der Waals surface area contributed by atoms with E-state index in [1.165, 1.54) is 6.42 Å². The Balaban J connectivity index is 1.91. The van der Waals surface area contributed by atoms with Crippen LogP contribution in [0.1, 0.15) is 19.3 Å². The highest BCUT2D eigenvalue weighted by atomic mass is 16.5. The van der Waals surface area contributed by atoms with Crippen LogP contribution in [0.3, 0.4) is 0 Å². The normalized spacial score (nSPS) is 25.2. The minimum atomic E-state index is -1.01. The van der Waals surface area contributed by atoms with E-state index in [1.807, 2.05) is 0 Å². The monoisotopic (exact) mass is 242 g/mol. The average molecular weight is 242 g/mol. The third kappa shape index (κ3) is 2.52. The van der Waals surface area contributed by atoms with Crippen LogP contribution in [0.25, 0.3) is 0 Å². The SMILES string of the molecule is CN(C(=O)N1CCOC(C(=O)O)C1)C1CCC1. The van der Waals surface area contributed by atoms with E-state index in [9.17, 15) is 9.59 Å². The van der Waals surface area contributed by atoms with Gasteiger partial charge in [-0.25, -0.2) is 9.59 Å². The molecule has 0 radical (unpaired) electrons. The number of carbonyl (C=O) groups excluding carboxylic acids is 1. The summed E-state index contributed by atoms with van der Waals surface area (Å²) in [5.41, 5.74) is 0. The molecule has 0 spiro atoms. The van der Waals surface area contributed by atoms with Crippen LogP contribution in [0.2, 0.25) is 0 Å². The summed E-state index contributed by atoms with van der Waals surface area (Å²) < 4.78 is 5.09. The van der Waals surface area contributed by atoms with Crippen molar-refractivity contribution in [2.75, 3.05) is 26.7 Å². The van der Waals surface area contributed by atoms with Crippen LogP contribution in [0.5, 0.6) is 0 Å². The van der Waals surface area contributed by atoms with Gasteiger partial charge in [-0.3, -0.25) is 0 Å². The van der Waals surface area contributed by atoms with Crippen LogP contribution in [-0.4, -0.2) is 65.8 Å². The number of carboxylic acid groups (broad SMARTS) is 1. The van der Waals surface area contributed by atoms with Gasteiger partial charge in [0.2, 0.25) is 0 Å². The fourth-order valence-corrected chi connectivity index (χ4v) is 2.13. The fourth-order valence-electron chi connectivity index (χ4n) is 2.13. The molecule has 2 rings (SSSR count). The summed E-state index contributed by atoms with van der Waals surface area (Å²) in [5.74, 6) is -1.01. The van der Waals surface area contributed by atoms with Crippen LogP contribution in [0.4, 0.5) is 4.79 Å². The molecule has 96 valence electrons. The van der Waals surface area contributed by atoms with Crippen molar-refractivity contribution in [1.29, 1.82) is 0 Å². The second-order valence-corrected chi connectivity index (χ2v) is 4.62. The maximum Gasteiger partial charge on any atom is 0.334 e. The number of amides is 2. The van der Waals surface area contributed by atoms with Crippen molar-refractivity contribution in [3.8, 4) is 0 Å². The van der Waals surface area contributed by atoms with Crippen LogP contribution in [0, 0.1) is 0 Å². The third-order valence-electron chi connectivity index (χ3n) is 3.54. The quantitative estimate of drug-likeness (QED) is 0.759. The van der Waals surface area contributed by atoms with Gasteiger partial charge < -0.3 is 19.6 Å². The van der Waals surface area contributed by atoms with Crippen molar-refractivity contribution in [2.24, 2.45) is 0 Å². The van der Waals surface area contributed by atoms with Crippen molar-refractivity contribution in [3.63, 3.8) is 0 Å². The highest BCUT2D eigenvalue weighted by Crippen LogP contribution is 2.24.